The molecule has 144 valence electrons. The van der Waals surface area contributed by atoms with Crippen LogP contribution in [0.15, 0.2) is 16.6 Å². The SMILES string of the molecule is CCCCC[C@H](c1cc([N+](=O)[O-])cc(Br)c1O)N1CCNCC1.Cl.Cl. The van der Waals surface area contributed by atoms with Gasteiger partial charge in [0, 0.05) is 49.9 Å². The fraction of sp³-hybridized carbons (Fsp3) is 0.625. The number of rotatable bonds is 7. The summed E-state index contributed by atoms with van der Waals surface area (Å²) in [5.41, 5.74) is 0.671. The first kappa shape index (κ1) is 24.4. The summed E-state index contributed by atoms with van der Waals surface area (Å²) in [6.45, 7) is 5.73. The number of phenolic OH excluding ortho intramolecular Hbond substituents is 1. The van der Waals surface area contributed by atoms with Crippen molar-refractivity contribution >= 4 is 46.4 Å². The van der Waals surface area contributed by atoms with Crippen LogP contribution >= 0.6 is 40.7 Å². The first-order valence-electron chi connectivity index (χ1n) is 8.16. The molecule has 1 aliphatic rings. The lowest BCUT2D eigenvalue weighted by Crippen LogP contribution is -2.45. The number of unbranched alkanes of at least 4 members (excludes halogenated alkanes) is 2. The van der Waals surface area contributed by atoms with E-state index in [0.717, 1.165) is 51.9 Å². The van der Waals surface area contributed by atoms with Crippen LogP contribution in [0.25, 0.3) is 0 Å². The number of hydrogen-bond donors (Lipinski definition) is 2. The second-order valence-corrected chi connectivity index (χ2v) is 6.77. The standard InChI is InChI=1S/C16H24BrN3O3.2ClH/c1-2-3-4-5-15(19-8-6-18-7-9-19)13-10-12(20(22)23)11-14(17)16(13)21;;/h10-11,15,18,21H,2-9H2,1H3;2*1H/t15-;;/m1../s1. The van der Waals surface area contributed by atoms with Crippen molar-refractivity contribution < 1.29 is 10.0 Å². The van der Waals surface area contributed by atoms with E-state index in [-0.39, 0.29) is 42.3 Å². The Hall–Kier alpha value is -0.600. The molecule has 0 amide bonds. The molecule has 1 aliphatic heterocycles. The number of hydrogen-bond acceptors (Lipinski definition) is 5. The van der Waals surface area contributed by atoms with E-state index in [1.165, 1.54) is 12.1 Å². The van der Waals surface area contributed by atoms with Crippen LogP contribution in [0.3, 0.4) is 0 Å². The highest BCUT2D eigenvalue weighted by atomic mass is 79.9. The molecule has 1 heterocycles. The number of piperazine rings is 1. The molecular weight excluding hydrogens is 433 g/mol. The van der Waals surface area contributed by atoms with Crippen LogP contribution in [-0.4, -0.2) is 41.1 Å². The average molecular weight is 459 g/mol. The molecule has 25 heavy (non-hydrogen) atoms. The maximum atomic E-state index is 11.2. The fourth-order valence-corrected chi connectivity index (χ4v) is 3.54. The van der Waals surface area contributed by atoms with Gasteiger partial charge in [-0.25, -0.2) is 0 Å². The minimum Gasteiger partial charge on any atom is -0.506 e. The number of nitro benzene ring substituents is 1. The van der Waals surface area contributed by atoms with Crippen molar-refractivity contribution in [2.75, 3.05) is 26.2 Å². The van der Waals surface area contributed by atoms with Crippen LogP contribution < -0.4 is 5.32 Å². The third kappa shape index (κ3) is 6.57. The average Bonchev–Trinajstić information content (AvgIpc) is 2.55. The summed E-state index contributed by atoms with van der Waals surface area (Å²) in [6, 6.07) is 2.90. The van der Waals surface area contributed by atoms with Crippen LogP contribution in [0.5, 0.6) is 5.75 Å². The molecule has 0 radical (unpaired) electrons. The van der Waals surface area contributed by atoms with Crippen molar-refractivity contribution in [2.45, 2.75) is 38.6 Å². The summed E-state index contributed by atoms with van der Waals surface area (Å²) in [5.74, 6) is 0.121. The van der Waals surface area contributed by atoms with Crippen molar-refractivity contribution in [3.8, 4) is 5.75 Å². The van der Waals surface area contributed by atoms with E-state index in [0.29, 0.717) is 10.0 Å². The molecule has 0 aliphatic carbocycles. The monoisotopic (exact) mass is 457 g/mol. The summed E-state index contributed by atoms with van der Waals surface area (Å²) in [6.07, 6.45) is 4.19. The molecule has 0 spiro atoms. The highest BCUT2D eigenvalue weighted by Gasteiger charge is 2.27. The summed E-state index contributed by atoms with van der Waals surface area (Å²) in [7, 11) is 0. The zero-order valence-corrected chi connectivity index (χ0v) is 17.5. The molecular formula is C16H26BrCl2N3O3. The maximum Gasteiger partial charge on any atom is 0.271 e. The smallest absolute Gasteiger partial charge is 0.271 e. The normalized spacial score (nSPS) is 15.8. The predicted octanol–water partition coefficient (Wildman–Crippen LogP) is 4.43. The molecule has 1 aromatic rings. The van der Waals surface area contributed by atoms with Gasteiger partial charge in [0.2, 0.25) is 0 Å². The molecule has 0 saturated carbocycles. The highest BCUT2D eigenvalue weighted by Crippen LogP contribution is 2.40. The minimum atomic E-state index is -0.408. The summed E-state index contributed by atoms with van der Waals surface area (Å²) in [5, 5.41) is 24.9. The van der Waals surface area contributed by atoms with Crippen molar-refractivity contribution in [1.82, 2.24) is 10.2 Å². The van der Waals surface area contributed by atoms with Gasteiger partial charge < -0.3 is 10.4 Å². The van der Waals surface area contributed by atoms with Crippen molar-refractivity contribution in [3.05, 3.63) is 32.3 Å². The van der Waals surface area contributed by atoms with Gasteiger partial charge in [-0.05, 0) is 22.4 Å². The Morgan fingerprint density at radius 1 is 1.32 bits per heavy atom. The van der Waals surface area contributed by atoms with Gasteiger partial charge in [0.25, 0.3) is 5.69 Å². The van der Waals surface area contributed by atoms with Gasteiger partial charge in [0.1, 0.15) is 5.75 Å². The van der Waals surface area contributed by atoms with Gasteiger partial charge >= 0.3 is 0 Å². The van der Waals surface area contributed by atoms with Gasteiger partial charge in [-0.3, -0.25) is 15.0 Å². The van der Waals surface area contributed by atoms with E-state index in [4.69, 9.17) is 0 Å². The zero-order chi connectivity index (χ0) is 16.8. The van der Waals surface area contributed by atoms with E-state index < -0.39 is 4.92 Å². The van der Waals surface area contributed by atoms with Crippen LogP contribution in [0.4, 0.5) is 5.69 Å². The molecule has 0 aromatic heterocycles. The molecule has 6 nitrogen and oxygen atoms in total. The lowest BCUT2D eigenvalue weighted by Gasteiger charge is -2.35. The molecule has 2 N–H and O–H groups in total. The first-order chi connectivity index (χ1) is 11.0. The van der Waals surface area contributed by atoms with E-state index in [2.05, 4.69) is 33.1 Å². The van der Waals surface area contributed by atoms with E-state index in [9.17, 15) is 15.2 Å². The Kier molecular flexibility index (Phi) is 11.6. The summed E-state index contributed by atoms with van der Waals surface area (Å²) < 4.78 is 0.386. The van der Waals surface area contributed by atoms with Gasteiger partial charge in [-0.1, -0.05) is 26.2 Å². The molecule has 1 atom stereocenters. The number of halogens is 3. The van der Waals surface area contributed by atoms with Crippen LogP contribution in [0, 0.1) is 10.1 Å². The number of benzene rings is 1. The largest absolute Gasteiger partial charge is 0.506 e. The van der Waals surface area contributed by atoms with Gasteiger partial charge in [0.15, 0.2) is 0 Å². The third-order valence-corrected chi connectivity index (χ3v) is 4.93. The van der Waals surface area contributed by atoms with Gasteiger partial charge in [-0.15, -0.1) is 24.8 Å². The molecule has 1 aromatic carbocycles. The summed E-state index contributed by atoms with van der Waals surface area (Å²) >= 11 is 3.25. The number of nitro groups is 1. The van der Waals surface area contributed by atoms with Crippen molar-refractivity contribution in [3.63, 3.8) is 0 Å². The Bertz CT molecular complexity index is 558. The van der Waals surface area contributed by atoms with Crippen molar-refractivity contribution in [1.29, 1.82) is 0 Å². The topological polar surface area (TPSA) is 78.6 Å². The number of nitrogens with zero attached hydrogens (tertiary/aromatic N) is 2. The molecule has 0 unspecified atom stereocenters. The van der Waals surface area contributed by atoms with E-state index >= 15 is 0 Å². The van der Waals surface area contributed by atoms with Crippen LogP contribution in [0.1, 0.15) is 44.2 Å². The second-order valence-electron chi connectivity index (χ2n) is 5.92. The minimum absolute atomic E-state index is 0. The van der Waals surface area contributed by atoms with Gasteiger partial charge in [-0.2, -0.15) is 0 Å². The highest BCUT2D eigenvalue weighted by molar-refractivity contribution is 9.10. The molecule has 1 saturated heterocycles. The molecule has 9 heteroatoms. The predicted molar refractivity (Wildman–Crippen MR) is 108 cm³/mol. The number of aromatic hydroxyl groups is 1. The number of non-ortho nitro benzene ring substituents is 1. The lowest BCUT2D eigenvalue weighted by atomic mass is 9.96. The van der Waals surface area contributed by atoms with E-state index in [1.54, 1.807) is 0 Å². The molecule has 1 fully saturated rings. The number of nitrogens with one attached hydrogen (secondary N) is 1. The summed E-state index contributed by atoms with van der Waals surface area (Å²) in [4.78, 5) is 13.1. The Morgan fingerprint density at radius 3 is 2.52 bits per heavy atom. The van der Waals surface area contributed by atoms with Crippen LogP contribution in [-0.2, 0) is 0 Å². The Morgan fingerprint density at radius 2 is 1.96 bits per heavy atom. The van der Waals surface area contributed by atoms with E-state index in [1.807, 2.05) is 0 Å². The Balaban J connectivity index is 0.00000288. The lowest BCUT2D eigenvalue weighted by molar-refractivity contribution is -0.385. The zero-order valence-electron chi connectivity index (χ0n) is 14.2. The Labute approximate surface area is 169 Å². The van der Waals surface area contributed by atoms with Gasteiger partial charge in [0.05, 0.1) is 9.40 Å². The van der Waals surface area contributed by atoms with Crippen LogP contribution in [0.2, 0.25) is 0 Å². The van der Waals surface area contributed by atoms with Crippen molar-refractivity contribution in [2.24, 2.45) is 0 Å². The number of phenols is 1. The molecule has 0 bridgehead atoms. The third-order valence-electron chi connectivity index (χ3n) is 4.32. The quantitative estimate of drug-likeness (QED) is 0.359. The molecule has 2 rings (SSSR count). The fourth-order valence-electron chi connectivity index (χ4n) is 3.08. The maximum absolute atomic E-state index is 11.2. The first-order valence-corrected chi connectivity index (χ1v) is 8.95. The second kappa shape index (κ2) is 11.9.